The monoisotopic (exact) mass is 392 g/mol. The van der Waals surface area contributed by atoms with Crippen LogP contribution in [-0.4, -0.2) is 43.5 Å². The number of likely N-dealkylation sites (N-methyl/N-ethyl adjacent to an activating group) is 1. The summed E-state index contributed by atoms with van der Waals surface area (Å²) in [6.45, 7) is 0.161. The van der Waals surface area contributed by atoms with E-state index in [4.69, 9.17) is 27.9 Å². The molecule has 2 aromatic carbocycles. The zero-order valence-electron chi connectivity index (χ0n) is 14.4. The molecule has 0 aliphatic carbocycles. The van der Waals surface area contributed by atoms with E-state index in [9.17, 15) is 9.59 Å². The van der Waals surface area contributed by atoms with Crippen LogP contribution in [0.15, 0.2) is 42.5 Å². The second-order valence-electron chi connectivity index (χ2n) is 6.24. The van der Waals surface area contributed by atoms with Crippen LogP contribution < -0.4 is 9.64 Å². The molecule has 0 saturated heterocycles. The predicted molar refractivity (Wildman–Crippen MR) is 102 cm³/mol. The van der Waals surface area contributed by atoms with Gasteiger partial charge in [-0.1, -0.05) is 41.4 Å². The molecular weight excluding hydrogens is 375 g/mol. The van der Waals surface area contributed by atoms with Crippen LogP contribution in [-0.2, 0) is 16.0 Å². The van der Waals surface area contributed by atoms with Crippen LogP contribution in [0, 0.1) is 0 Å². The summed E-state index contributed by atoms with van der Waals surface area (Å²) in [5.74, 6) is 0.184. The maximum atomic E-state index is 12.9. The van der Waals surface area contributed by atoms with E-state index in [1.807, 2.05) is 12.1 Å². The van der Waals surface area contributed by atoms with E-state index in [2.05, 4.69) is 0 Å². The molecule has 0 spiro atoms. The number of anilines is 1. The van der Waals surface area contributed by atoms with Gasteiger partial charge in [-0.3, -0.25) is 9.59 Å². The number of hydrogen-bond acceptors (Lipinski definition) is 3. The van der Waals surface area contributed by atoms with Gasteiger partial charge in [0.05, 0.1) is 28.7 Å². The number of rotatable bonds is 3. The fourth-order valence-corrected chi connectivity index (χ4v) is 3.13. The number of nitrogens with zero attached hydrogens (tertiary/aromatic N) is 2. The Morgan fingerprint density at radius 2 is 1.88 bits per heavy atom. The molecule has 1 atom stereocenters. The van der Waals surface area contributed by atoms with E-state index in [1.54, 1.807) is 49.3 Å². The Hall–Kier alpha value is -2.24. The van der Waals surface area contributed by atoms with Crippen molar-refractivity contribution >= 4 is 40.7 Å². The summed E-state index contributed by atoms with van der Waals surface area (Å²) in [5.41, 5.74) is 1.41. The lowest BCUT2D eigenvalue weighted by molar-refractivity contribution is -0.136. The summed E-state index contributed by atoms with van der Waals surface area (Å²) in [6, 6.07) is 12.3. The normalized spacial score (nSPS) is 15.8. The van der Waals surface area contributed by atoms with Crippen LogP contribution in [0.25, 0.3) is 0 Å². The topological polar surface area (TPSA) is 49.9 Å². The van der Waals surface area contributed by atoms with Gasteiger partial charge in [0.1, 0.15) is 5.75 Å². The van der Waals surface area contributed by atoms with Crippen molar-refractivity contribution < 1.29 is 14.3 Å². The first-order valence-corrected chi connectivity index (χ1v) is 8.83. The van der Waals surface area contributed by atoms with Crippen LogP contribution in [0.2, 0.25) is 10.0 Å². The molecule has 0 N–H and O–H groups in total. The largest absolute Gasteiger partial charge is 0.476 e. The van der Waals surface area contributed by atoms with E-state index in [1.165, 1.54) is 4.90 Å². The molecule has 0 aromatic heterocycles. The van der Waals surface area contributed by atoms with Crippen LogP contribution in [0.5, 0.6) is 5.75 Å². The minimum absolute atomic E-state index is 0.143. The fourth-order valence-electron chi connectivity index (χ4n) is 2.81. The van der Waals surface area contributed by atoms with Crippen molar-refractivity contribution in [1.82, 2.24) is 4.90 Å². The Balaban J connectivity index is 1.87. The Morgan fingerprint density at radius 3 is 2.58 bits per heavy atom. The highest BCUT2D eigenvalue weighted by molar-refractivity contribution is 6.42. The quantitative estimate of drug-likeness (QED) is 0.803. The molecule has 26 heavy (non-hydrogen) atoms. The standard InChI is InChI=1S/C19H18Cl2N2O3/c1-22(2)19(25)17-11-23(15-5-3-4-6-16(15)26-17)18(24)10-12-7-8-13(20)14(21)9-12/h3-9,17H,10-11H2,1-2H3/t17-/m0/s1. The van der Waals surface area contributed by atoms with E-state index >= 15 is 0 Å². The van der Waals surface area contributed by atoms with Crippen molar-refractivity contribution in [2.75, 3.05) is 25.5 Å². The number of hydrogen-bond donors (Lipinski definition) is 0. The lowest BCUT2D eigenvalue weighted by atomic mass is 10.1. The van der Waals surface area contributed by atoms with E-state index in [0.29, 0.717) is 21.5 Å². The lowest BCUT2D eigenvalue weighted by Crippen LogP contribution is -2.50. The third kappa shape index (κ3) is 3.79. The highest BCUT2D eigenvalue weighted by Gasteiger charge is 2.34. The Bertz CT molecular complexity index is 854. The molecule has 0 bridgehead atoms. The van der Waals surface area contributed by atoms with Gasteiger partial charge in [0.25, 0.3) is 5.91 Å². The van der Waals surface area contributed by atoms with Crippen molar-refractivity contribution in [1.29, 1.82) is 0 Å². The Kier molecular flexibility index (Phi) is 5.39. The number of ether oxygens (including phenoxy) is 1. The summed E-state index contributed by atoms with van der Waals surface area (Å²) in [6.07, 6.45) is -0.591. The second kappa shape index (κ2) is 7.56. The summed E-state index contributed by atoms with van der Waals surface area (Å²) >= 11 is 12.0. The van der Waals surface area contributed by atoms with Gasteiger partial charge in [0, 0.05) is 14.1 Å². The van der Waals surface area contributed by atoms with Gasteiger partial charge < -0.3 is 14.5 Å². The van der Waals surface area contributed by atoms with Crippen molar-refractivity contribution in [3.63, 3.8) is 0 Å². The molecule has 3 rings (SSSR count). The van der Waals surface area contributed by atoms with Gasteiger partial charge in [0.2, 0.25) is 5.91 Å². The Labute approximate surface area is 162 Å². The predicted octanol–water partition coefficient (Wildman–Crippen LogP) is 3.42. The highest BCUT2D eigenvalue weighted by Crippen LogP contribution is 2.34. The first-order valence-electron chi connectivity index (χ1n) is 8.08. The van der Waals surface area contributed by atoms with Crippen LogP contribution in [0.3, 0.4) is 0 Å². The average Bonchev–Trinajstić information content (AvgIpc) is 2.63. The summed E-state index contributed by atoms with van der Waals surface area (Å²) < 4.78 is 5.80. The average molecular weight is 393 g/mol. The smallest absolute Gasteiger partial charge is 0.265 e. The fraction of sp³-hybridized carbons (Fsp3) is 0.263. The van der Waals surface area contributed by atoms with E-state index < -0.39 is 6.10 Å². The minimum atomic E-state index is -0.738. The van der Waals surface area contributed by atoms with Crippen molar-refractivity contribution in [2.24, 2.45) is 0 Å². The molecule has 1 aliphatic heterocycles. The number of amides is 2. The first kappa shape index (κ1) is 18.5. The summed E-state index contributed by atoms with van der Waals surface area (Å²) in [5, 5.41) is 0.844. The number of carbonyl (C=O) groups excluding carboxylic acids is 2. The molecule has 0 fully saturated rings. The maximum absolute atomic E-state index is 12.9. The molecule has 0 radical (unpaired) electrons. The van der Waals surface area contributed by atoms with Crippen molar-refractivity contribution in [3.8, 4) is 5.75 Å². The lowest BCUT2D eigenvalue weighted by Gasteiger charge is -2.35. The molecule has 1 aliphatic rings. The zero-order chi connectivity index (χ0) is 18.8. The van der Waals surface area contributed by atoms with Crippen molar-refractivity contribution in [2.45, 2.75) is 12.5 Å². The van der Waals surface area contributed by atoms with Crippen LogP contribution in [0.1, 0.15) is 5.56 Å². The summed E-state index contributed by atoms with van der Waals surface area (Å²) in [4.78, 5) is 28.3. The van der Waals surface area contributed by atoms with E-state index in [0.717, 1.165) is 5.56 Å². The second-order valence-corrected chi connectivity index (χ2v) is 7.05. The molecule has 0 saturated carbocycles. The highest BCUT2D eigenvalue weighted by atomic mass is 35.5. The number of benzene rings is 2. The SMILES string of the molecule is CN(C)C(=O)[C@@H]1CN(C(=O)Cc2ccc(Cl)c(Cl)c2)c2ccccc2O1. The molecule has 2 amide bonds. The van der Waals surface area contributed by atoms with Gasteiger partial charge in [-0.25, -0.2) is 0 Å². The summed E-state index contributed by atoms with van der Waals surface area (Å²) in [7, 11) is 3.32. The molecule has 2 aromatic rings. The minimum Gasteiger partial charge on any atom is -0.476 e. The van der Waals surface area contributed by atoms with Crippen LogP contribution in [0.4, 0.5) is 5.69 Å². The van der Waals surface area contributed by atoms with Crippen molar-refractivity contribution in [3.05, 3.63) is 58.1 Å². The Morgan fingerprint density at radius 1 is 1.15 bits per heavy atom. The zero-order valence-corrected chi connectivity index (χ0v) is 15.9. The molecule has 5 nitrogen and oxygen atoms in total. The molecular formula is C19H18Cl2N2O3. The number of carbonyl (C=O) groups is 2. The molecule has 0 unspecified atom stereocenters. The van der Waals surface area contributed by atoms with Gasteiger partial charge in [-0.2, -0.15) is 0 Å². The number of fused-ring (bicyclic) bond motifs is 1. The number of para-hydroxylation sites is 2. The molecule has 7 heteroatoms. The van der Waals surface area contributed by atoms with Crippen LogP contribution >= 0.6 is 23.2 Å². The van der Waals surface area contributed by atoms with Gasteiger partial charge >= 0.3 is 0 Å². The maximum Gasteiger partial charge on any atom is 0.265 e. The van der Waals surface area contributed by atoms with E-state index in [-0.39, 0.29) is 24.8 Å². The third-order valence-electron chi connectivity index (χ3n) is 4.13. The first-order chi connectivity index (χ1) is 12.4. The van der Waals surface area contributed by atoms with Gasteiger partial charge in [-0.05, 0) is 29.8 Å². The molecule has 136 valence electrons. The molecule has 1 heterocycles. The van der Waals surface area contributed by atoms with Gasteiger partial charge in [0.15, 0.2) is 6.10 Å². The third-order valence-corrected chi connectivity index (χ3v) is 4.87. The van der Waals surface area contributed by atoms with Gasteiger partial charge in [-0.15, -0.1) is 0 Å². The number of halogens is 2.